The summed E-state index contributed by atoms with van der Waals surface area (Å²) in [5, 5.41) is 0. The summed E-state index contributed by atoms with van der Waals surface area (Å²) in [5.74, 6) is -2.82. The highest BCUT2D eigenvalue weighted by Crippen LogP contribution is 2.04. The van der Waals surface area contributed by atoms with Gasteiger partial charge in [0.05, 0.1) is 18.2 Å². The fraction of sp³-hybridized carbons (Fsp3) is 0.625. The van der Waals surface area contributed by atoms with Crippen LogP contribution in [0.3, 0.4) is 0 Å². The molecule has 80 valence electrons. The lowest BCUT2D eigenvalue weighted by atomic mass is 10.1. The molecule has 0 heterocycles. The van der Waals surface area contributed by atoms with E-state index < -0.39 is 17.9 Å². The molecule has 0 aliphatic heterocycles. The molecular formula is C8H13NO4S. The number of rotatable bonds is 5. The largest absolute Gasteiger partial charge is 0.465 e. The number of nitrogens with two attached hydrogens (primary N) is 1. The molecule has 0 aliphatic rings. The highest BCUT2D eigenvalue weighted by Gasteiger charge is 2.32. The van der Waals surface area contributed by atoms with Gasteiger partial charge in [-0.2, -0.15) is 0 Å². The van der Waals surface area contributed by atoms with Crippen molar-refractivity contribution in [2.24, 2.45) is 11.7 Å². The summed E-state index contributed by atoms with van der Waals surface area (Å²) in [7, 11) is 0. The molecule has 6 heteroatoms. The maximum atomic E-state index is 11.2. The minimum atomic E-state index is -1.29. The first-order valence-corrected chi connectivity index (χ1v) is 4.58. The van der Waals surface area contributed by atoms with Crippen molar-refractivity contribution >= 4 is 29.1 Å². The van der Waals surface area contributed by atoms with Gasteiger partial charge in [0.25, 0.3) is 0 Å². The maximum Gasteiger partial charge on any atom is 0.327 e. The Morgan fingerprint density at radius 1 is 1.21 bits per heavy atom. The first-order chi connectivity index (χ1) is 6.54. The van der Waals surface area contributed by atoms with E-state index in [9.17, 15) is 9.59 Å². The molecular weight excluding hydrogens is 206 g/mol. The van der Waals surface area contributed by atoms with Crippen LogP contribution < -0.4 is 5.73 Å². The van der Waals surface area contributed by atoms with E-state index in [2.05, 4.69) is 21.7 Å². The highest BCUT2D eigenvalue weighted by molar-refractivity contribution is 7.80. The summed E-state index contributed by atoms with van der Waals surface area (Å²) in [6.45, 7) is 3.58. The molecule has 0 spiro atoms. The molecule has 2 N–H and O–H groups in total. The van der Waals surface area contributed by atoms with Gasteiger partial charge in [0.2, 0.25) is 5.92 Å². The quantitative estimate of drug-likeness (QED) is 0.399. The number of ether oxygens (including phenoxy) is 2. The Morgan fingerprint density at radius 3 is 1.79 bits per heavy atom. The first kappa shape index (κ1) is 12.8. The molecule has 0 aromatic rings. The van der Waals surface area contributed by atoms with Gasteiger partial charge in [-0.05, 0) is 13.8 Å². The van der Waals surface area contributed by atoms with Crippen LogP contribution in [0.1, 0.15) is 13.8 Å². The van der Waals surface area contributed by atoms with Gasteiger partial charge in [0.1, 0.15) is 0 Å². The number of thiocarbonyl (C=S) groups is 1. The Kier molecular flexibility index (Phi) is 5.78. The van der Waals surface area contributed by atoms with E-state index in [0.29, 0.717) is 0 Å². The zero-order valence-electron chi connectivity index (χ0n) is 8.11. The second-order valence-corrected chi connectivity index (χ2v) is 2.81. The van der Waals surface area contributed by atoms with Crippen molar-refractivity contribution in [2.75, 3.05) is 13.2 Å². The Hall–Kier alpha value is -1.17. The predicted octanol–water partition coefficient (Wildman–Crippen LogP) is 0.0149. The molecule has 0 unspecified atom stereocenters. The predicted molar refractivity (Wildman–Crippen MR) is 53.5 cm³/mol. The Bertz CT molecular complexity index is 223. The van der Waals surface area contributed by atoms with Crippen LogP contribution in [0.2, 0.25) is 0 Å². The molecule has 0 aromatic heterocycles. The second kappa shape index (κ2) is 6.31. The Labute approximate surface area is 87.5 Å². The van der Waals surface area contributed by atoms with E-state index in [1.807, 2.05) is 0 Å². The normalized spacial score (nSPS) is 9.64. The van der Waals surface area contributed by atoms with Gasteiger partial charge < -0.3 is 15.2 Å². The van der Waals surface area contributed by atoms with Gasteiger partial charge in [0.15, 0.2) is 0 Å². The molecule has 14 heavy (non-hydrogen) atoms. The summed E-state index contributed by atoms with van der Waals surface area (Å²) in [6.07, 6.45) is 0. The molecule has 0 aromatic carbocycles. The average Bonchev–Trinajstić information content (AvgIpc) is 2.04. The molecule has 0 aliphatic carbocycles. The number of carbonyl (C=O) groups is 2. The maximum absolute atomic E-state index is 11.2. The van der Waals surface area contributed by atoms with Crippen LogP contribution in [0, 0.1) is 5.92 Å². The van der Waals surface area contributed by atoms with Crippen LogP contribution in [0.15, 0.2) is 0 Å². The van der Waals surface area contributed by atoms with E-state index in [1.165, 1.54) is 0 Å². The van der Waals surface area contributed by atoms with Crippen LogP contribution in [0.25, 0.3) is 0 Å². The van der Waals surface area contributed by atoms with Crippen molar-refractivity contribution in [3.8, 4) is 0 Å². The monoisotopic (exact) mass is 219 g/mol. The van der Waals surface area contributed by atoms with Gasteiger partial charge in [-0.25, -0.2) is 0 Å². The molecule has 0 fully saturated rings. The SMILES string of the molecule is CCOC(=O)C(C(=O)OCC)C(N)=S. The Balaban J connectivity index is 4.51. The van der Waals surface area contributed by atoms with Crippen LogP contribution in [-0.4, -0.2) is 30.1 Å². The lowest BCUT2D eigenvalue weighted by Crippen LogP contribution is -2.37. The summed E-state index contributed by atoms with van der Waals surface area (Å²) in [6, 6.07) is 0. The van der Waals surface area contributed by atoms with E-state index in [0.717, 1.165) is 0 Å². The topological polar surface area (TPSA) is 78.6 Å². The lowest BCUT2D eigenvalue weighted by molar-refractivity contribution is -0.157. The van der Waals surface area contributed by atoms with Gasteiger partial charge in [-0.1, -0.05) is 12.2 Å². The van der Waals surface area contributed by atoms with Crippen molar-refractivity contribution in [3.63, 3.8) is 0 Å². The van der Waals surface area contributed by atoms with E-state index >= 15 is 0 Å². The number of carbonyl (C=O) groups excluding carboxylic acids is 2. The van der Waals surface area contributed by atoms with E-state index in [1.54, 1.807) is 13.8 Å². The second-order valence-electron chi connectivity index (χ2n) is 2.34. The van der Waals surface area contributed by atoms with Crippen molar-refractivity contribution < 1.29 is 19.1 Å². The molecule has 0 amide bonds. The molecule has 0 bridgehead atoms. The first-order valence-electron chi connectivity index (χ1n) is 4.17. The standard InChI is InChI=1S/C8H13NO4S/c1-3-12-7(10)5(6(9)14)8(11)13-4-2/h5H,3-4H2,1-2H3,(H2,9,14). The summed E-state index contributed by atoms with van der Waals surface area (Å²) in [5.41, 5.74) is 5.23. The fourth-order valence-electron chi connectivity index (χ4n) is 0.780. The minimum absolute atomic E-state index is 0.164. The van der Waals surface area contributed by atoms with Crippen LogP contribution in [0.5, 0.6) is 0 Å². The van der Waals surface area contributed by atoms with Gasteiger partial charge >= 0.3 is 11.9 Å². The van der Waals surface area contributed by atoms with E-state index in [4.69, 9.17) is 5.73 Å². The van der Waals surface area contributed by atoms with Crippen molar-refractivity contribution in [2.45, 2.75) is 13.8 Å². The minimum Gasteiger partial charge on any atom is -0.465 e. The van der Waals surface area contributed by atoms with Gasteiger partial charge in [-0.3, -0.25) is 9.59 Å². The van der Waals surface area contributed by atoms with Crippen LogP contribution >= 0.6 is 12.2 Å². The van der Waals surface area contributed by atoms with Crippen molar-refractivity contribution in [1.82, 2.24) is 0 Å². The van der Waals surface area contributed by atoms with Crippen molar-refractivity contribution in [1.29, 1.82) is 0 Å². The number of hydrogen-bond acceptors (Lipinski definition) is 5. The third kappa shape index (κ3) is 3.69. The summed E-state index contributed by atoms with van der Waals surface area (Å²) in [4.78, 5) is 22.2. The molecule has 0 saturated carbocycles. The average molecular weight is 219 g/mol. The molecule has 5 nitrogen and oxygen atoms in total. The lowest BCUT2D eigenvalue weighted by Gasteiger charge is -2.12. The zero-order valence-corrected chi connectivity index (χ0v) is 8.93. The highest BCUT2D eigenvalue weighted by atomic mass is 32.1. The third-order valence-corrected chi connectivity index (χ3v) is 1.56. The molecule has 0 atom stereocenters. The number of hydrogen-bond donors (Lipinski definition) is 1. The van der Waals surface area contributed by atoms with Crippen molar-refractivity contribution in [3.05, 3.63) is 0 Å². The number of esters is 2. The zero-order chi connectivity index (χ0) is 11.1. The Morgan fingerprint density at radius 2 is 1.57 bits per heavy atom. The summed E-state index contributed by atoms with van der Waals surface area (Å²) >= 11 is 4.57. The molecule has 0 radical (unpaired) electrons. The van der Waals surface area contributed by atoms with Crippen LogP contribution in [0.4, 0.5) is 0 Å². The third-order valence-electron chi connectivity index (χ3n) is 1.33. The summed E-state index contributed by atoms with van der Waals surface area (Å²) < 4.78 is 9.25. The molecule has 0 saturated heterocycles. The van der Waals surface area contributed by atoms with Gasteiger partial charge in [-0.15, -0.1) is 0 Å². The van der Waals surface area contributed by atoms with Crippen LogP contribution in [-0.2, 0) is 19.1 Å². The van der Waals surface area contributed by atoms with Gasteiger partial charge in [0, 0.05) is 0 Å². The smallest absolute Gasteiger partial charge is 0.327 e. The molecule has 0 rings (SSSR count). The fourth-order valence-corrected chi connectivity index (χ4v) is 0.972. The van der Waals surface area contributed by atoms with E-state index in [-0.39, 0.29) is 18.2 Å².